The van der Waals surface area contributed by atoms with E-state index in [0.717, 1.165) is 0 Å². The zero-order valence-electron chi connectivity index (χ0n) is 14.1. The lowest BCUT2D eigenvalue weighted by atomic mass is 9.87. The molecule has 0 spiro atoms. The molecule has 1 N–H and O–H groups in total. The lowest BCUT2D eigenvalue weighted by Gasteiger charge is -2.25. The Hall–Kier alpha value is -2.28. The van der Waals surface area contributed by atoms with E-state index in [4.69, 9.17) is 4.74 Å². The summed E-state index contributed by atoms with van der Waals surface area (Å²) in [5, 5.41) is 10.6. The van der Waals surface area contributed by atoms with Crippen LogP contribution in [0.15, 0.2) is 42.5 Å². The molecule has 0 heterocycles. The number of aliphatic hydroxyl groups is 1. The van der Waals surface area contributed by atoms with Crippen molar-refractivity contribution in [1.29, 1.82) is 0 Å². The number of halogens is 4. The standard InChI is InChI=1S/C19H19F4O3/c1-3-14(15-6-4-5-7-17(15)26-19(21,22)23)16(24)10-12-8-9-13(20)11-18(12)25-2/h4-9,11,14,16,24H,1,3,10H2,2H3. The molecule has 0 saturated carbocycles. The van der Waals surface area contributed by atoms with Crippen LogP contribution in [0.4, 0.5) is 17.6 Å². The van der Waals surface area contributed by atoms with Crippen LogP contribution in [-0.4, -0.2) is 24.7 Å². The molecule has 0 bridgehead atoms. The number of para-hydroxylation sites is 1. The van der Waals surface area contributed by atoms with Crippen molar-refractivity contribution in [2.45, 2.75) is 31.2 Å². The maximum atomic E-state index is 13.3. The van der Waals surface area contributed by atoms with Gasteiger partial charge < -0.3 is 14.6 Å². The van der Waals surface area contributed by atoms with Gasteiger partial charge in [-0.15, -0.1) is 13.2 Å². The second kappa shape index (κ2) is 8.40. The lowest BCUT2D eigenvalue weighted by molar-refractivity contribution is -0.275. The number of methoxy groups -OCH3 is 1. The van der Waals surface area contributed by atoms with E-state index in [2.05, 4.69) is 11.7 Å². The first-order valence-electron chi connectivity index (χ1n) is 7.89. The van der Waals surface area contributed by atoms with Gasteiger partial charge in [-0.2, -0.15) is 0 Å². The van der Waals surface area contributed by atoms with Gasteiger partial charge in [0.25, 0.3) is 0 Å². The highest BCUT2D eigenvalue weighted by Crippen LogP contribution is 2.36. The van der Waals surface area contributed by atoms with Crippen LogP contribution in [0.25, 0.3) is 0 Å². The minimum Gasteiger partial charge on any atom is -0.496 e. The summed E-state index contributed by atoms with van der Waals surface area (Å²) >= 11 is 0. The van der Waals surface area contributed by atoms with E-state index >= 15 is 0 Å². The summed E-state index contributed by atoms with van der Waals surface area (Å²) in [6.45, 7) is 3.73. The number of hydrogen-bond donors (Lipinski definition) is 1. The van der Waals surface area contributed by atoms with Crippen molar-refractivity contribution in [1.82, 2.24) is 0 Å². The van der Waals surface area contributed by atoms with Crippen molar-refractivity contribution < 1.29 is 32.1 Å². The van der Waals surface area contributed by atoms with Gasteiger partial charge in [-0.05, 0) is 24.1 Å². The third-order valence-corrected chi connectivity index (χ3v) is 4.00. The van der Waals surface area contributed by atoms with Gasteiger partial charge in [0.1, 0.15) is 17.3 Å². The molecule has 0 aromatic heterocycles. The predicted molar refractivity (Wildman–Crippen MR) is 88.5 cm³/mol. The molecule has 0 aliphatic heterocycles. The van der Waals surface area contributed by atoms with E-state index in [0.29, 0.717) is 5.56 Å². The summed E-state index contributed by atoms with van der Waals surface area (Å²) in [6.07, 6.45) is -5.70. The van der Waals surface area contributed by atoms with E-state index in [1.54, 1.807) is 6.07 Å². The van der Waals surface area contributed by atoms with Crippen LogP contribution in [0.2, 0.25) is 0 Å². The molecular weight excluding hydrogens is 352 g/mol. The molecule has 141 valence electrons. The van der Waals surface area contributed by atoms with Crippen molar-refractivity contribution in [2.75, 3.05) is 7.11 Å². The van der Waals surface area contributed by atoms with E-state index in [1.807, 2.05) is 0 Å². The van der Waals surface area contributed by atoms with E-state index < -0.39 is 24.2 Å². The van der Waals surface area contributed by atoms with Crippen molar-refractivity contribution in [2.24, 2.45) is 0 Å². The maximum absolute atomic E-state index is 13.3. The highest BCUT2D eigenvalue weighted by atomic mass is 19.4. The van der Waals surface area contributed by atoms with Gasteiger partial charge in [-0.25, -0.2) is 4.39 Å². The molecule has 2 rings (SSSR count). The van der Waals surface area contributed by atoms with Crippen molar-refractivity contribution >= 4 is 0 Å². The first-order chi connectivity index (χ1) is 12.2. The predicted octanol–water partition coefficient (Wildman–Crippen LogP) is 4.64. The number of rotatable bonds is 7. The first-order valence-corrected chi connectivity index (χ1v) is 7.89. The molecule has 2 aromatic rings. The molecule has 0 saturated heterocycles. The van der Waals surface area contributed by atoms with Crippen LogP contribution in [0, 0.1) is 12.7 Å². The highest BCUT2D eigenvalue weighted by Gasteiger charge is 2.33. The summed E-state index contributed by atoms with van der Waals surface area (Å²) in [4.78, 5) is 0. The molecule has 0 aliphatic rings. The fraction of sp³-hybridized carbons (Fsp3) is 0.316. The Morgan fingerprint density at radius 1 is 1.12 bits per heavy atom. The van der Waals surface area contributed by atoms with Crippen molar-refractivity contribution in [3.05, 3.63) is 66.3 Å². The van der Waals surface area contributed by atoms with Crippen LogP contribution < -0.4 is 9.47 Å². The molecule has 0 amide bonds. The molecule has 2 unspecified atom stereocenters. The zero-order valence-corrected chi connectivity index (χ0v) is 14.1. The largest absolute Gasteiger partial charge is 0.573 e. The Balaban J connectivity index is 2.29. The number of benzene rings is 2. The van der Waals surface area contributed by atoms with Gasteiger partial charge >= 0.3 is 6.36 Å². The third-order valence-electron chi connectivity index (χ3n) is 4.00. The molecule has 0 aliphatic carbocycles. The number of alkyl halides is 3. The fourth-order valence-corrected chi connectivity index (χ4v) is 2.81. The van der Waals surface area contributed by atoms with Crippen LogP contribution in [0.1, 0.15) is 23.5 Å². The van der Waals surface area contributed by atoms with Crippen LogP contribution >= 0.6 is 0 Å². The molecule has 2 aromatic carbocycles. The Morgan fingerprint density at radius 2 is 1.81 bits per heavy atom. The molecule has 3 nitrogen and oxygen atoms in total. The van der Waals surface area contributed by atoms with Gasteiger partial charge in [0.05, 0.1) is 13.2 Å². The number of ether oxygens (including phenoxy) is 2. The molecule has 2 atom stereocenters. The van der Waals surface area contributed by atoms with Crippen LogP contribution in [0.3, 0.4) is 0 Å². The number of aliphatic hydroxyl groups excluding tert-OH is 1. The van der Waals surface area contributed by atoms with E-state index in [1.165, 1.54) is 43.5 Å². The fourth-order valence-electron chi connectivity index (χ4n) is 2.81. The monoisotopic (exact) mass is 371 g/mol. The zero-order chi connectivity index (χ0) is 19.3. The minimum absolute atomic E-state index is 0.0595. The molecule has 26 heavy (non-hydrogen) atoms. The first kappa shape index (κ1) is 20.0. The Kier molecular flexibility index (Phi) is 6.47. The summed E-state index contributed by atoms with van der Waals surface area (Å²) in [5.74, 6) is -1.31. The van der Waals surface area contributed by atoms with Crippen LogP contribution in [0.5, 0.6) is 11.5 Å². The van der Waals surface area contributed by atoms with Crippen molar-refractivity contribution in [3.8, 4) is 11.5 Å². The van der Waals surface area contributed by atoms with Gasteiger partial charge in [0, 0.05) is 24.0 Å². The third kappa shape index (κ3) is 5.11. The molecule has 7 heteroatoms. The average Bonchev–Trinajstić information content (AvgIpc) is 2.57. The second-order valence-electron chi connectivity index (χ2n) is 5.71. The number of hydrogen-bond acceptors (Lipinski definition) is 3. The topological polar surface area (TPSA) is 38.7 Å². The minimum atomic E-state index is -4.84. The Labute approximate surface area is 149 Å². The van der Waals surface area contributed by atoms with Crippen molar-refractivity contribution in [3.63, 3.8) is 0 Å². The van der Waals surface area contributed by atoms with E-state index in [9.17, 15) is 22.7 Å². The maximum Gasteiger partial charge on any atom is 0.573 e. The Bertz CT molecular complexity index is 731. The summed E-state index contributed by atoms with van der Waals surface area (Å²) < 4.78 is 60.3. The van der Waals surface area contributed by atoms with Gasteiger partial charge in [0.2, 0.25) is 0 Å². The van der Waals surface area contributed by atoms with Gasteiger partial charge in [0.15, 0.2) is 0 Å². The normalized spacial score (nSPS) is 14.0. The SMILES string of the molecule is [CH2]CC(c1ccccc1OC(F)(F)F)C(O)Cc1ccc(F)cc1OC. The summed E-state index contributed by atoms with van der Waals surface area (Å²) in [5.41, 5.74) is 0.738. The summed E-state index contributed by atoms with van der Waals surface area (Å²) in [7, 11) is 1.37. The van der Waals surface area contributed by atoms with Crippen LogP contribution in [-0.2, 0) is 6.42 Å². The van der Waals surface area contributed by atoms with E-state index in [-0.39, 0.29) is 29.9 Å². The average molecular weight is 371 g/mol. The Morgan fingerprint density at radius 3 is 2.42 bits per heavy atom. The molecule has 1 radical (unpaired) electrons. The second-order valence-corrected chi connectivity index (χ2v) is 5.71. The van der Waals surface area contributed by atoms with Gasteiger partial charge in [-0.1, -0.05) is 31.2 Å². The smallest absolute Gasteiger partial charge is 0.496 e. The quantitative estimate of drug-likeness (QED) is 0.721. The highest BCUT2D eigenvalue weighted by molar-refractivity contribution is 5.39. The lowest BCUT2D eigenvalue weighted by Crippen LogP contribution is -2.24. The van der Waals surface area contributed by atoms with Gasteiger partial charge in [-0.3, -0.25) is 0 Å². The molecular formula is C19H19F4O3. The summed E-state index contributed by atoms with van der Waals surface area (Å²) in [6, 6.07) is 9.51. The molecule has 0 fully saturated rings.